The number of nitrogens with two attached hydrogens (primary N) is 1. The van der Waals surface area contributed by atoms with Gasteiger partial charge in [-0.05, 0) is 41.8 Å². The molecule has 2 nitrogen and oxygen atoms in total. The Labute approximate surface area is 136 Å². The van der Waals surface area contributed by atoms with Crippen LogP contribution in [0.25, 0.3) is 0 Å². The van der Waals surface area contributed by atoms with Crippen molar-refractivity contribution in [2.24, 2.45) is 0 Å². The standard InChI is InChI=1S/C16H11Cl2F2NO/c17-12-6-7-13(14(21)10-12)15(22,16(18,19)20)9-8-11-4-2-1-3-5-11/h1-7,10,22H,21H2. The van der Waals surface area contributed by atoms with E-state index in [9.17, 15) is 13.9 Å². The van der Waals surface area contributed by atoms with Crippen LogP contribution in [0.1, 0.15) is 11.1 Å². The number of hydrogen-bond donors (Lipinski definition) is 2. The van der Waals surface area contributed by atoms with Crippen LogP contribution in [0.5, 0.6) is 0 Å². The fourth-order valence-corrected chi connectivity index (χ4v) is 2.17. The first-order valence-corrected chi connectivity index (χ1v) is 6.92. The van der Waals surface area contributed by atoms with E-state index in [1.807, 2.05) is 0 Å². The molecule has 0 heterocycles. The summed E-state index contributed by atoms with van der Waals surface area (Å²) in [6, 6.07) is 12.1. The average molecular weight is 342 g/mol. The van der Waals surface area contributed by atoms with E-state index in [2.05, 4.69) is 11.8 Å². The van der Waals surface area contributed by atoms with Gasteiger partial charge in [0, 0.05) is 21.8 Å². The van der Waals surface area contributed by atoms with E-state index < -0.39 is 11.0 Å². The number of rotatable bonds is 2. The summed E-state index contributed by atoms with van der Waals surface area (Å²) in [5, 5.41) is 6.58. The highest BCUT2D eigenvalue weighted by atomic mass is 35.5. The Balaban J connectivity index is 2.57. The number of anilines is 1. The Kier molecular flexibility index (Phi) is 4.62. The van der Waals surface area contributed by atoms with Crippen molar-refractivity contribution in [1.82, 2.24) is 0 Å². The minimum absolute atomic E-state index is 0.127. The second-order valence-electron chi connectivity index (χ2n) is 4.56. The highest BCUT2D eigenvalue weighted by molar-refractivity contribution is 6.30. The van der Waals surface area contributed by atoms with Gasteiger partial charge in [-0.1, -0.05) is 41.8 Å². The van der Waals surface area contributed by atoms with Crippen LogP contribution in [-0.4, -0.2) is 10.5 Å². The van der Waals surface area contributed by atoms with Crippen LogP contribution in [0.15, 0.2) is 48.5 Å². The lowest BCUT2D eigenvalue weighted by molar-refractivity contribution is -0.0921. The van der Waals surface area contributed by atoms with Gasteiger partial charge in [-0.15, -0.1) is 0 Å². The molecule has 3 N–H and O–H groups in total. The zero-order valence-electron chi connectivity index (χ0n) is 11.2. The summed E-state index contributed by atoms with van der Waals surface area (Å²) < 4.78 is 27.5. The maximum Gasteiger partial charge on any atom is 0.365 e. The highest BCUT2D eigenvalue weighted by Crippen LogP contribution is 2.43. The number of nitrogen functional groups attached to an aromatic ring is 1. The smallest absolute Gasteiger partial charge is 0.365 e. The summed E-state index contributed by atoms with van der Waals surface area (Å²) in [6.07, 6.45) is 0. The van der Waals surface area contributed by atoms with Gasteiger partial charge >= 0.3 is 5.38 Å². The molecule has 0 aliphatic heterocycles. The summed E-state index contributed by atoms with van der Waals surface area (Å²) >= 11 is 10.8. The summed E-state index contributed by atoms with van der Waals surface area (Å²) in [5.41, 5.74) is 2.74. The van der Waals surface area contributed by atoms with Crippen molar-refractivity contribution in [1.29, 1.82) is 0 Å². The Bertz CT molecular complexity index is 735. The lowest BCUT2D eigenvalue weighted by Gasteiger charge is -2.28. The zero-order valence-corrected chi connectivity index (χ0v) is 12.7. The molecular formula is C16H11Cl2F2NO. The number of halogens is 4. The molecule has 0 fully saturated rings. The van der Waals surface area contributed by atoms with E-state index in [1.165, 1.54) is 18.2 Å². The quantitative estimate of drug-likeness (QED) is 0.492. The molecule has 0 saturated carbocycles. The molecule has 22 heavy (non-hydrogen) atoms. The summed E-state index contributed by atoms with van der Waals surface area (Å²) in [7, 11) is 0. The summed E-state index contributed by atoms with van der Waals surface area (Å²) in [4.78, 5) is 0. The van der Waals surface area contributed by atoms with Gasteiger partial charge in [0.25, 0.3) is 0 Å². The zero-order chi connectivity index (χ0) is 16.4. The van der Waals surface area contributed by atoms with Gasteiger partial charge in [-0.2, -0.15) is 8.78 Å². The van der Waals surface area contributed by atoms with Crippen LogP contribution in [0.4, 0.5) is 14.5 Å². The molecule has 0 saturated heterocycles. The lowest BCUT2D eigenvalue weighted by Crippen LogP contribution is -2.40. The molecule has 0 spiro atoms. The van der Waals surface area contributed by atoms with Crippen molar-refractivity contribution in [3.05, 3.63) is 64.7 Å². The number of benzene rings is 2. The van der Waals surface area contributed by atoms with Crippen molar-refractivity contribution in [2.75, 3.05) is 5.73 Å². The second kappa shape index (κ2) is 6.13. The number of aliphatic hydroxyl groups is 1. The molecule has 0 bridgehead atoms. The van der Waals surface area contributed by atoms with E-state index in [-0.39, 0.29) is 16.3 Å². The van der Waals surface area contributed by atoms with Crippen LogP contribution >= 0.6 is 23.2 Å². The molecule has 6 heteroatoms. The third-order valence-electron chi connectivity index (χ3n) is 2.98. The Morgan fingerprint density at radius 3 is 2.27 bits per heavy atom. The van der Waals surface area contributed by atoms with Crippen LogP contribution in [0.2, 0.25) is 5.02 Å². The molecule has 0 aliphatic rings. The van der Waals surface area contributed by atoms with E-state index >= 15 is 0 Å². The first kappa shape index (κ1) is 16.6. The fourth-order valence-electron chi connectivity index (χ4n) is 1.84. The minimum Gasteiger partial charge on any atom is -0.398 e. The van der Waals surface area contributed by atoms with Crippen LogP contribution in [-0.2, 0) is 5.60 Å². The third kappa shape index (κ3) is 3.33. The third-order valence-corrected chi connectivity index (χ3v) is 3.48. The monoisotopic (exact) mass is 341 g/mol. The van der Waals surface area contributed by atoms with Crippen LogP contribution < -0.4 is 5.73 Å². The molecule has 114 valence electrons. The molecule has 0 aromatic heterocycles. The lowest BCUT2D eigenvalue weighted by atomic mass is 9.92. The summed E-state index contributed by atoms with van der Waals surface area (Å²) in [6.45, 7) is 0. The SMILES string of the molecule is Nc1cc(Cl)ccc1C(O)(C#Cc1ccccc1)C(F)(F)Cl. The van der Waals surface area contributed by atoms with Crippen molar-refractivity contribution >= 4 is 28.9 Å². The van der Waals surface area contributed by atoms with E-state index in [0.29, 0.717) is 5.56 Å². The van der Waals surface area contributed by atoms with Gasteiger partial charge in [0.15, 0.2) is 0 Å². The van der Waals surface area contributed by atoms with Crippen LogP contribution in [0, 0.1) is 11.8 Å². The Morgan fingerprint density at radius 1 is 1.09 bits per heavy atom. The maximum atomic E-state index is 13.8. The van der Waals surface area contributed by atoms with Crippen molar-refractivity contribution in [3.63, 3.8) is 0 Å². The fraction of sp³-hybridized carbons (Fsp3) is 0.125. The Hall–Kier alpha value is -1.80. The minimum atomic E-state index is -4.04. The van der Waals surface area contributed by atoms with E-state index in [0.717, 1.165) is 0 Å². The number of alkyl halides is 3. The van der Waals surface area contributed by atoms with Crippen molar-refractivity contribution in [3.8, 4) is 11.8 Å². The second-order valence-corrected chi connectivity index (χ2v) is 5.47. The molecule has 1 atom stereocenters. The first-order chi connectivity index (χ1) is 10.2. The van der Waals surface area contributed by atoms with Crippen molar-refractivity contribution < 1.29 is 13.9 Å². The summed E-state index contributed by atoms with van der Waals surface area (Å²) in [5.74, 6) is 4.61. The predicted octanol–water partition coefficient (Wildman–Crippen LogP) is 3.99. The van der Waals surface area contributed by atoms with Gasteiger partial charge < -0.3 is 10.8 Å². The van der Waals surface area contributed by atoms with Crippen molar-refractivity contribution in [2.45, 2.75) is 11.0 Å². The molecule has 0 aliphatic carbocycles. The van der Waals surface area contributed by atoms with Gasteiger partial charge in [-0.25, -0.2) is 0 Å². The van der Waals surface area contributed by atoms with E-state index in [4.69, 9.17) is 28.9 Å². The maximum absolute atomic E-state index is 13.8. The predicted molar refractivity (Wildman–Crippen MR) is 83.9 cm³/mol. The van der Waals surface area contributed by atoms with Gasteiger partial charge in [0.05, 0.1) is 0 Å². The molecule has 2 rings (SSSR count). The van der Waals surface area contributed by atoms with Crippen LogP contribution in [0.3, 0.4) is 0 Å². The van der Waals surface area contributed by atoms with Gasteiger partial charge in [0.2, 0.25) is 5.60 Å². The number of hydrogen-bond acceptors (Lipinski definition) is 2. The van der Waals surface area contributed by atoms with E-state index in [1.54, 1.807) is 30.3 Å². The molecule has 2 aromatic carbocycles. The van der Waals surface area contributed by atoms with Gasteiger partial charge in [0.1, 0.15) is 0 Å². The molecule has 0 radical (unpaired) electrons. The highest BCUT2D eigenvalue weighted by Gasteiger charge is 2.53. The molecule has 1 unspecified atom stereocenters. The normalized spacial score (nSPS) is 13.9. The van der Waals surface area contributed by atoms with Gasteiger partial charge in [-0.3, -0.25) is 0 Å². The molecule has 0 amide bonds. The average Bonchev–Trinajstić information content (AvgIpc) is 2.44. The molecular weight excluding hydrogens is 331 g/mol. The Morgan fingerprint density at radius 2 is 1.73 bits per heavy atom. The molecule has 2 aromatic rings. The first-order valence-electron chi connectivity index (χ1n) is 6.17. The topological polar surface area (TPSA) is 46.2 Å². The largest absolute Gasteiger partial charge is 0.398 e.